The molecular weight excluding hydrogens is 400 g/mol. The van der Waals surface area contributed by atoms with Crippen molar-refractivity contribution in [2.24, 2.45) is 0 Å². The fraction of sp³-hybridized carbons (Fsp3) is 0.500. The molecule has 1 N–H and O–H groups in total. The van der Waals surface area contributed by atoms with Crippen molar-refractivity contribution in [2.45, 2.75) is 34.1 Å². The number of nitrogens with one attached hydrogen (secondary N) is 1. The molecule has 0 saturated heterocycles. The molecule has 8 heteroatoms. The van der Waals surface area contributed by atoms with Crippen molar-refractivity contribution in [1.82, 2.24) is 14.8 Å². The van der Waals surface area contributed by atoms with Crippen LogP contribution < -0.4 is 10.1 Å². The molecule has 1 heterocycles. The molecule has 1 aromatic heterocycles. The van der Waals surface area contributed by atoms with Crippen molar-refractivity contribution in [2.75, 3.05) is 45.2 Å². The Bertz CT molecular complexity index is 812. The number of benzene rings is 1. The Kier molecular flexibility index (Phi) is 9.26. The van der Waals surface area contributed by atoms with Crippen LogP contribution in [-0.4, -0.2) is 66.4 Å². The van der Waals surface area contributed by atoms with Gasteiger partial charge in [0.2, 0.25) is 11.8 Å². The summed E-state index contributed by atoms with van der Waals surface area (Å²) in [6, 6.07) is 7.42. The molecule has 30 heavy (non-hydrogen) atoms. The number of methoxy groups -OCH3 is 1. The second-order valence-electron chi connectivity index (χ2n) is 7.08. The lowest BCUT2D eigenvalue weighted by Crippen LogP contribution is -2.43. The minimum Gasteiger partial charge on any atom is -0.497 e. The fourth-order valence-electron chi connectivity index (χ4n) is 2.98. The summed E-state index contributed by atoms with van der Waals surface area (Å²) >= 11 is 1.44. The molecule has 0 radical (unpaired) electrons. The van der Waals surface area contributed by atoms with Gasteiger partial charge in [0.25, 0.3) is 0 Å². The first-order valence-corrected chi connectivity index (χ1v) is 11.0. The van der Waals surface area contributed by atoms with Crippen LogP contribution >= 0.6 is 11.3 Å². The Labute approximate surface area is 183 Å². The van der Waals surface area contributed by atoms with Gasteiger partial charge in [-0.15, -0.1) is 11.3 Å². The average Bonchev–Trinajstić information content (AvgIpc) is 3.04. The molecule has 1 aromatic carbocycles. The Morgan fingerprint density at radius 3 is 2.30 bits per heavy atom. The van der Waals surface area contributed by atoms with Gasteiger partial charge in [-0.1, -0.05) is 26.0 Å². The van der Waals surface area contributed by atoms with E-state index in [1.807, 2.05) is 38.1 Å². The second kappa shape index (κ2) is 11.7. The van der Waals surface area contributed by atoms with E-state index < -0.39 is 0 Å². The number of carbonyl (C=O) groups is 2. The third-order valence-corrected chi connectivity index (χ3v) is 6.05. The summed E-state index contributed by atoms with van der Waals surface area (Å²) in [6.07, 6.45) is 0.241. The van der Waals surface area contributed by atoms with Crippen LogP contribution in [0.1, 0.15) is 30.0 Å². The van der Waals surface area contributed by atoms with E-state index in [9.17, 15) is 9.59 Å². The van der Waals surface area contributed by atoms with Crippen LogP contribution in [-0.2, 0) is 16.0 Å². The Hall–Kier alpha value is -2.45. The molecule has 0 saturated carbocycles. The first kappa shape index (κ1) is 23.8. The molecule has 0 bridgehead atoms. The smallest absolute Gasteiger partial charge is 0.245 e. The van der Waals surface area contributed by atoms with Gasteiger partial charge in [-0.3, -0.25) is 9.59 Å². The molecule has 7 nitrogen and oxygen atoms in total. The van der Waals surface area contributed by atoms with E-state index in [1.54, 1.807) is 12.0 Å². The summed E-state index contributed by atoms with van der Waals surface area (Å²) in [5.74, 6) is 0.443. The highest BCUT2D eigenvalue weighted by molar-refractivity contribution is 7.15. The van der Waals surface area contributed by atoms with Gasteiger partial charge < -0.3 is 19.9 Å². The maximum atomic E-state index is 13.0. The molecular formula is C22H32N4O3S. The number of likely N-dealkylation sites (N-methyl/N-ethyl adjacent to an activating group) is 1. The molecule has 2 aromatic rings. The van der Waals surface area contributed by atoms with Crippen LogP contribution in [0, 0.1) is 13.8 Å². The monoisotopic (exact) mass is 432 g/mol. The van der Waals surface area contributed by atoms with E-state index in [0.717, 1.165) is 41.5 Å². The molecule has 0 unspecified atom stereocenters. The van der Waals surface area contributed by atoms with E-state index in [2.05, 4.69) is 29.0 Å². The molecule has 2 amide bonds. The van der Waals surface area contributed by atoms with Gasteiger partial charge in [0.1, 0.15) is 5.75 Å². The van der Waals surface area contributed by atoms with Crippen LogP contribution in [0.3, 0.4) is 0 Å². The number of thiazole rings is 1. The first-order chi connectivity index (χ1) is 14.4. The van der Waals surface area contributed by atoms with Crippen molar-refractivity contribution in [3.8, 4) is 5.75 Å². The molecule has 2 rings (SSSR count). The standard InChI is InChI=1S/C22H32N4O3S/c1-6-25(7-2)12-13-26(15-20(27)24-22-23-16(3)17(4)30-22)21(28)14-18-8-10-19(29-5)11-9-18/h8-11H,6-7,12-15H2,1-5H3,(H,23,24,27). The SMILES string of the molecule is CCN(CC)CCN(CC(=O)Nc1nc(C)c(C)s1)C(=O)Cc1ccc(OC)cc1. The van der Waals surface area contributed by atoms with E-state index in [-0.39, 0.29) is 24.8 Å². The number of rotatable bonds is 11. The van der Waals surface area contributed by atoms with Gasteiger partial charge in [0.15, 0.2) is 5.13 Å². The van der Waals surface area contributed by atoms with Gasteiger partial charge in [-0.05, 0) is 44.6 Å². The fourth-order valence-corrected chi connectivity index (χ4v) is 3.81. The summed E-state index contributed by atoms with van der Waals surface area (Å²) in [7, 11) is 1.61. The number of anilines is 1. The summed E-state index contributed by atoms with van der Waals surface area (Å²) in [5, 5.41) is 3.40. The van der Waals surface area contributed by atoms with Crippen LogP contribution in [0.15, 0.2) is 24.3 Å². The number of nitrogens with zero attached hydrogens (tertiary/aromatic N) is 3. The number of aryl methyl sites for hydroxylation is 2. The summed E-state index contributed by atoms with van der Waals surface area (Å²) in [6.45, 7) is 11.1. The van der Waals surface area contributed by atoms with Crippen LogP contribution in [0.4, 0.5) is 5.13 Å². The van der Waals surface area contributed by atoms with E-state index >= 15 is 0 Å². The molecule has 0 aliphatic heterocycles. The topological polar surface area (TPSA) is 74.8 Å². The van der Waals surface area contributed by atoms with Crippen molar-refractivity contribution < 1.29 is 14.3 Å². The Balaban J connectivity index is 2.05. The molecule has 0 aliphatic carbocycles. The van der Waals surface area contributed by atoms with Crippen molar-refractivity contribution in [3.63, 3.8) is 0 Å². The van der Waals surface area contributed by atoms with Gasteiger partial charge in [-0.2, -0.15) is 0 Å². The minimum atomic E-state index is -0.230. The van der Waals surface area contributed by atoms with Gasteiger partial charge in [0.05, 0.1) is 25.8 Å². The summed E-state index contributed by atoms with van der Waals surface area (Å²) < 4.78 is 5.17. The Morgan fingerprint density at radius 1 is 1.10 bits per heavy atom. The average molecular weight is 433 g/mol. The van der Waals surface area contributed by atoms with Crippen LogP contribution in [0.2, 0.25) is 0 Å². The zero-order valence-corrected chi connectivity index (χ0v) is 19.3. The number of amides is 2. The molecule has 0 fully saturated rings. The predicted molar refractivity (Wildman–Crippen MR) is 121 cm³/mol. The second-order valence-corrected chi connectivity index (χ2v) is 8.28. The number of aromatic nitrogens is 1. The van der Waals surface area contributed by atoms with Gasteiger partial charge in [-0.25, -0.2) is 4.98 Å². The highest BCUT2D eigenvalue weighted by atomic mass is 32.1. The van der Waals surface area contributed by atoms with Gasteiger partial charge in [0, 0.05) is 18.0 Å². The molecule has 0 spiro atoms. The number of hydrogen-bond acceptors (Lipinski definition) is 6. The normalized spacial score (nSPS) is 10.9. The Morgan fingerprint density at radius 2 is 1.77 bits per heavy atom. The third-order valence-electron chi connectivity index (χ3n) is 5.06. The number of carbonyl (C=O) groups excluding carboxylic acids is 2. The van der Waals surface area contributed by atoms with Gasteiger partial charge >= 0.3 is 0 Å². The molecule has 0 aliphatic rings. The summed E-state index contributed by atoms with van der Waals surface area (Å²) in [5.41, 5.74) is 1.80. The lowest BCUT2D eigenvalue weighted by Gasteiger charge is -2.26. The highest BCUT2D eigenvalue weighted by Gasteiger charge is 2.19. The van der Waals surface area contributed by atoms with Crippen LogP contribution in [0.5, 0.6) is 5.75 Å². The van der Waals surface area contributed by atoms with Crippen molar-refractivity contribution in [1.29, 1.82) is 0 Å². The third kappa shape index (κ3) is 7.11. The summed E-state index contributed by atoms with van der Waals surface area (Å²) in [4.78, 5) is 34.9. The molecule has 0 atom stereocenters. The van der Waals surface area contributed by atoms with E-state index in [4.69, 9.17) is 4.74 Å². The van der Waals surface area contributed by atoms with E-state index in [1.165, 1.54) is 11.3 Å². The van der Waals surface area contributed by atoms with E-state index in [0.29, 0.717) is 11.7 Å². The zero-order chi connectivity index (χ0) is 22.1. The lowest BCUT2D eigenvalue weighted by atomic mass is 10.1. The highest BCUT2D eigenvalue weighted by Crippen LogP contribution is 2.21. The lowest BCUT2D eigenvalue weighted by molar-refractivity contribution is -0.134. The number of ether oxygens (including phenoxy) is 1. The zero-order valence-electron chi connectivity index (χ0n) is 18.5. The van der Waals surface area contributed by atoms with Crippen LogP contribution in [0.25, 0.3) is 0 Å². The number of hydrogen-bond donors (Lipinski definition) is 1. The maximum Gasteiger partial charge on any atom is 0.245 e. The first-order valence-electron chi connectivity index (χ1n) is 10.2. The quantitative estimate of drug-likeness (QED) is 0.591. The van der Waals surface area contributed by atoms with Crippen molar-refractivity contribution in [3.05, 3.63) is 40.4 Å². The largest absolute Gasteiger partial charge is 0.497 e. The maximum absolute atomic E-state index is 13.0. The minimum absolute atomic E-state index is 0.00787. The van der Waals surface area contributed by atoms with Crippen molar-refractivity contribution >= 4 is 28.3 Å². The predicted octanol–water partition coefficient (Wildman–Crippen LogP) is 3.12. The molecule has 164 valence electrons.